The van der Waals surface area contributed by atoms with Crippen LogP contribution in [0.5, 0.6) is 0 Å². The molecule has 19 heavy (non-hydrogen) atoms. The van der Waals surface area contributed by atoms with Crippen molar-refractivity contribution in [1.29, 1.82) is 0 Å². The lowest BCUT2D eigenvalue weighted by molar-refractivity contribution is 0.461. The third-order valence-corrected chi connectivity index (χ3v) is 3.97. The van der Waals surface area contributed by atoms with E-state index >= 15 is 0 Å². The Labute approximate surface area is 114 Å². The maximum absolute atomic E-state index is 6.24. The topological polar surface area (TPSA) is 38.0 Å². The molecule has 1 fully saturated rings. The van der Waals surface area contributed by atoms with Crippen LogP contribution < -0.4 is 11.1 Å². The molecule has 1 saturated heterocycles. The standard InChI is InChI=1S/C17H20N2/c18-16-8-4-7-15(13-9-11-19-12-10-13)17(16)14-5-2-1-3-6-14/h1-8,13,19H,9-12,18H2. The molecule has 2 aromatic rings. The largest absolute Gasteiger partial charge is 0.398 e. The maximum Gasteiger partial charge on any atom is 0.0396 e. The molecule has 0 atom stereocenters. The number of piperidine rings is 1. The predicted molar refractivity (Wildman–Crippen MR) is 81.1 cm³/mol. The maximum atomic E-state index is 6.24. The highest BCUT2D eigenvalue weighted by Crippen LogP contribution is 2.37. The molecular weight excluding hydrogens is 232 g/mol. The van der Waals surface area contributed by atoms with Crippen LogP contribution in [0.25, 0.3) is 11.1 Å². The highest BCUT2D eigenvalue weighted by Gasteiger charge is 2.19. The summed E-state index contributed by atoms with van der Waals surface area (Å²) in [6.07, 6.45) is 2.40. The molecule has 1 aliphatic heterocycles. The summed E-state index contributed by atoms with van der Waals surface area (Å²) >= 11 is 0. The fourth-order valence-corrected chi connectivity index (χ4v) is 3.00. The van der Waals surface area contributed by atoms with Crippen LogP contribution >= 0.6 is 0 Å². The number of nitrogen functional groups attached to an aromatic ring is 1. The average molecular weight is 252 g/mol. The summed E-state index contributed by atoms with van der Waals surface area (Å²) in [6, 6.07) is 16.8. The van der Waals surface area contributed by atoms with Gasteiger partial charge < -0.3 is 11.1 Å². The molecule has 2 aromatic carbocycles. The number of nitrogens with two attached hydrogens (primary N) is 1. The fraction of sp³-hybridized carbons (Fsp3) is 0.294. The summed E-state index contributed by atoms with van der Waals surface area (Å²) in [5.41, 5.74) is 11.0. The first kappa shape index (κ1) is 12.2. The highest BCUT2D eigenvalue weighted by atomic mass is 14.9. The van der Waals surface area contributed by atoms with Gasteiger partial charge in [0, 0.05) is 11.3 Å². The van der Waals surface area contributed by atoms with Crippen molar-refractivity contribution >= 4 is 5.69 Å². The van der Waals surface area contributed by atoms with Gasteiger partial charge in [-0.05, 0) is 49.0 Å². The first-order valence-corrected chi connectivity index (χ1v) is 7.01. The lowest BCUT2D eigenvalue weighted by Crippen LogP contribution is -2.27. The summed E-state index contributed by atoms with van der Waals surface area (Å²) in [5, 5.41) is 3.43. The average Bonchev–Trinajstić information content (AvgIpc) is 2.49. The van der Waals surface area contributed by atoms with E-state index in [1.807, 2.05) is 12.1 Å². The Morgan fingerprint density at radius 3 is 2.37 bits per heavy atom. The lowest BCUT2D eigenvalue weighted by atomic mass is 9.84. The minimum Gasteiger partial charge on any atom is -0.398 e. The molecule has 2 heteroatoms. The molecule has 0 aromatic heterocycles. The van der Waals surface area contributed by atoms with Crippen molar-refractivity contribution in [2.75, 3.05) is 18.8 Å². The van der Waals surface area contributed by atoms with Crippen molar-refractivity contribution in [1.82, 2.24) is 5.32 Å². The highest BCUT2D eigenvalue weighted by molar-refractivity contribution is 5.79. The third kappa shape index (κ3) is 2.49. The number of nitrogens with one attached hydrogen (secondary N) is 1. The van der Waals surface area contributed by atoms with Crippen LogP contribution in [0, 0.1) is 0 Å². The lowest BCUT2D eigenvalue weighted by Gasteiger charge is -2.26. The van der Waals surface area contributed by atoms with Crippen molar-refractivity contribution < 1.29 is 0 Å². The van der Waals surface area contributed by atoms with E-state index in [0.29, 0.717) is 5.92 Å². The zero-order valence-electron chi connectivity index (χ0n) is 11.1. The normalized spacial score (nSPS) is 16.4. The summed E-state index contributed by atoms with van der Waals surface area (Å²) < 4.78 is 0. The van der Waals surface area contributed by atoms with Gasteiger partial charge in [0.05, 0.1) is 0 Å². The molecule has 2 nitrogen and oxygen atoms in total. The SMILES string of the molecule is Nc1cccc(C2CCNCC2)c1-c1ccccc1. The first-order chi connectivity index (χ1) is 9.36. The quantitative estimate of drug-likeness (QED) is 0.804. The zero-order chi connectivity index (χ0) is 13.1. The second-order valence-corrected chi connectivity index (χ2v) is 5.20. The Kier molecular flexibility index (Phi) is 3.51. The van der Waals surface area contributed by atoms with E-state index < -0.39 is 0 Å². The fourth-order valence-electron chi connectivity index (χ4n) is 3.00. The monoisotopic (exact) mass is 252 g/mol. The minimum absolute atomic E-state index is 0.625. The van der Waals surface area contributed by atoms with E-state index in [9.17, 15) is 0 Å². The van der Waals surface area contributed by atoms with E-state index in [-0.39, 0.29) is 0 Å². The number of rotatable bonds is 2. The van der Waals surface area contributed by atoms with E-state index in [2.05, 4.69) is 41.7 Å². The van der Waals surface area contributed by atoms with Crippen molar-refractivity contribution in [3.8, 4) is 11.1 Å². The van der Waals surface area contributed by atoms with Crippen LogP contribution in [-0.2, 0) is 0 Å². The molecule has 1 aliphatic rings. The van der Waals surface area contributed by atoms with Crippen molar-refractivity contribution in [3.63, 3.8) is 0 Å². The van der Waals surface area contributed by atoms with Crippen molar-refractivity contribution in [3.05, 3.63) is 54.1 Å². The molecule has 1 heterocycles. The van der Waals surface area contributed by atoms with Crippen molar-refractivity contribution in [2.24, 2.45) is 0 Å². The molecule has 3 N–H and O–H groups in total. The Hall–Kier alpha value is -1.80. The number of anilines is 1. The summed E-state index contributed by atoms with van der Waals surface area (Å²) in [6.45, 7) is 2.21. The number of benzene rings is 2. The number of hydrogen-bond donors (Lipinski definition) is 2. The third-order valence-electron chi connectivity index (χ3n) is 3.97. The van der Waals surface area contributed by atoms with Gasteiger partial charge in [0.1, 0.15) is 0 Å². The Morgan fingerprint density at radius 2 is 1.63 bits per heavy atom. The predicted octanol–water partition coefficient (Wildman–Crippen LogP) is 3.40. The Balaban J connectivity index is 2.07. The van der Waals surface area contributed by atoms with Crippen LogP contribution in [0.15, 0.2) is 48.5 Å². The van der Waals surface area contributed by atoms with Gasteiger partial charge >= 0.3 is 0 Å². The van der Waals surface area contributed by atoms with Gasteiger partial charge in [0.15, 0.2) is 0 Å². The second kappa shape index (κ2) is 5.45. The van der Waals surface area contributed by atoms with E-state index in [0.717, 1.165) is 18.8 Å². The van der Waals surface area contributed by atoms with Gasteiger partial charge in [-0.1, -0.05) is 42.5 Å². The molecule has 0 unspecified atom stereocenters. The van der Waals surface area contributed by atoms with Gasteiger partial charge in [-0.3, -0.25) is 0 Å². The minimum atomic E-state index is 0.625. The molecule has 0 amide bonds. The van der Waals surface area contributed by atoms with Gasteiger partial charge in [0.25, 0.3) is 0 Å². The molecule has 0 saturated carbocycles. The van der Waals surface area contributed by atoms with Gasteiger partial charge in [-0.2, -0.15) is 0 Å². The molecule has 0 bridgehead atoms. The van der Waals surface area contributed by atoms with Crippen LogP contribution in [0.2, 0.25) is 0 Å². The zero-order valence-corrected chi connectivity index (χ0v) is 11.1. The molecule has 3 rings (SSSR count). The summed E-state index contributed by atoms with van der Waals surface area (Å²) in [7, 11) is 0. The Morgan fingerprint density at radius 1 is 0.895 bits per heavy atom. The summed E-state index contributed by atoms with van der Waals surface area (Å²) in [4.78, 5) is 0. The smallest absolute Gasteiger partial charge is 0.0396 e. The molecule has 98 valence electrons. The van der Waals surface area contributed by atoms with Gasteiger partial charge in [-0.15, -0.1) is 0 Å². The molecular formula is C17H20N2. The number of hydrogen-bond acceptors (Lipinski definition) is 2. The van der Waals surface area contributed by atoms with Crippen LogP contribution in [0.4, 0.5) is 5.69 Å². The summed E-state index contributed by atoms with van der Waals surface area (Å²) in [5.74, 6) is 0.625. The first-order valence-electron chi connectivity index (χ1n) is 7.01. The van der Waals surface area contributed by atoms with Gasteiger partial charge in [-0.25, -0.2) is 0 Å². The van der Waals surface area contributed by atoms with E-state index in [1.165, 1.54) is 29.5 Å². The second-order valence-electron chi connectivity index (χ2n) is 5.20. The Bertz CT molecular complexity index is 542. The van der Waals surface area contributed by atoms with E-state index in [4.69, 9.17) is 5.73 Å². The molecule has 0 aliphatic carbocycles. The molecule has 0 spiro atoms. The van der Waals surface area contributed by atoms with Crippen LogP contribution in [0.3, 0.4) is 0 Å². The van der Waals surface area contributed by atoms with Crippen LogP contribution in [0.1, 0.15) is 24.3 Å². The van der Waals surface area contributed by atoms with Crippen molar-refractivity contribution in [2.45, 2.75) is 18.8 Å². The molecule has 0 radical (unpaired) electrons. The van der Waals surface area contributed by atoms with Crippen LogP contribution in [-0.4, -0.2) is 13.1 Å². The van der Waals surface area contributed by atoms with E-state index in [1.54, 1.807) is 0 Å². The van der Waals surface area contributed by atoms with Gasteiger partial charge in [0.2, 0.25) is 0 Å².